The second-order valence-corrected chi connectivity index (χ2v) is 5.50. The Kier molecular flexibility index (Phi) is 3.91. The van der Waals surface area contributed by atoms with Gasteiger partial charge in [-0.1, -0.05) is 0 Å². The zero-order valence-corrected chi connectivity index (χ0v) is 11.4. The van der Waals surface area contributed by atoms with Crippen LogP contribution < -0.4 is 4.74 Å². The summed E-state index contributed by atoms with van der Waals surface area (Å²) >= 11 is 6.18. The monoisotopic (exact) mass is 285 g/mol. The maximum absolute atomic E-state index is 13.5. The van der Waals surface area contributed by atoms with Crippen molar-refractivity contribution in [2.24, 2.45) is 0 Å². The van der Waals surface area contributed by atoms with Crippen LogP contribution in [0.3, 0.4) is 0 Å². The van der Waals surface area contributed by atoms with Crippen molar-refractivity contribution in [1.29, 1.82) is 0 Å². The number of ether oxygens (including phenoxy) is 2. The molecule has 19 heavy (non-hydrogen) atoms. The van der Waals surface area contributed by atoms with Gasteiger partial charge in [-0.3, -0.25) is 0 Å². The molecule has 0 amide bonds. The lowest BCUT2D eigenvalue weighted by atomic mass is 10.0. The molecule has 2 heterocycles. The van der Waals surface area contributed by atoms with Crippen LogP contribution in [0.15, 0.2) is 18.2 Å². The topological polar surface area (TPSA) is 21.7 Å². The molecule has 3 rings (SSSR count). The molecular formula is C14H17ClFNO2. The first kappa shape index (κ1) is 13.2. The molecule has 3 nitrogen and oxygen atoms in total. The van der Waals surface area contributed by atoms with E-state index in [0.29, 0.717) is 6.61 Å². The minimum absolute atomic E-state index is 0.0367. The zero-order valence-electron chi connectivity index (χ0n) is 10.6. The van der Waals surface area contributed by atoms with Crippen LogP contribution in [0.4, 0.5) is 4.39 Å². The standard InChI is InChI=1S/C14H17ClFNO2/c15-17-6-1-2-13(17)12-8-10(16)3-4-14(12)19-11-5-7-18-9-11/h3-4,8,11,13H,1-2,5-7,9H2/t11-,13?/m1/s1. The van der Waals surface area contributed by atoms with Crippen molar-refractivity contribution in [3.8, 4) is 5.75 Å². The SMILES string of the molecule is Fc1ccc(O[C@@H]2CCOC2)c(C2CCCN2Cl)c1. The van der Waals surface area contributed by atoms with E-state index in [1.54, 1.807) is 10.5 Å². The van der Waals surface area contributed by atoms with Crippen LogP contribution in [0.5, 0.6) is 5.75 Å². The van der Waals surface area contributed by atoms with Crippen molar-refractivity contribution in [3.05, 3.63) is 29.6 Å². The number of hydrogen-bond donors (Lipinski definition) is 0. The number of hydrogen-bond acceptors (Lipinski definition) is 3. The summed E-state index contributed by atoms with van der Waals surface area (Å²) in [7, 11) is 0. The molecule has 0 spiro atoms. The first-order valence-corrected chi connectivity index (χ1v) is 7.04. The summed E-state index contributed by atoms with van der Waals surface area (Å²) in [4.78, 5) is 0. The predicted octanol–water partition coefficient (Wildman–Crippen LogP) is 3.28. The third-order valence-electron chi connectivity index (χ3n) is 3.70. The summed E-state index contributed by atoms with van der Waals surface area (Å²) in [6, 6.07) is 4.71. The lowest BCUT2D eigenvalue weighted by Crippen LogP contribution is -2.19. The first-order chi connectivity index (χ1) is 9.24. The zero-order chi connectivity index (χ0) is 13.2. The van der Waals surface area contributed by atoms with Crippen molar-refractivity contribution in [2.45, 2.75) is 31.4 Å². The highest BCUT2D eigenvalue weighted by Gasteiger charge is 2.29. The minimum atomic E-state index is -0.248. The lowest BCUT2D eigenvalue weighted by Gasteiger charge is -2.22. The summed E-state index contributed by atoms with van der Waals surface area (Å²) in [5, 5.41) is 0. The average molecular weight is 286 g/mol. The van der Waals surface area contributed by atoms with Crippen LogP contribution in [0.25, 0.3) is 0 Å². The Bertz CT molecular complexity index is 451. The van der Waals surface area contributed by atoms with Gasteiger partial charge in [0, 0.05) is 18.5 Å². The largest absolute Gasteiger partial charge is 0.488 e. The van der Waals surface area contributed by atoms with Crippen LogP contribution in [-0.2, 0) is 4.74 Å². The Hall–Kier alpha value is -0.840. The summed E-state index contributed by atoms with van der Waals surface area (Å²) < 4.78 is 26.5. The van der Waals surface area contributed by atoms with Crippen molar-refractivity contribution in [3.63, 3.8) is 0 Å². The van der Waals surface area contributed by atoms with Gasteiger partial charge in [-0.2, -0.15) is 0 Å². The normalized spacial score (nSPS) is 27.9. The van der Waals surface area contributed by atoms with E-state index in [9.17, 15) is 4.39 Å². The van der Waals surface area contributed by atoms with Gasteiger partial charge < -0.3 is 9.47 Å². The fourth-order valence-corrected chi connectivity index (χ4v) is 3.03. The number of nitrogens with zero attached hydrogens (tertiary/aromatic N) is 1. The number of rotatable bonds is 3. The van der Waals surface area contributed by atoms with E-state index in [1.807, 2.05) is 0 Å². The Labute approximate surface area is 117 Å². The molecule has 104 valence electrons. The maximum Gasteiger partial charge on any atom is 0.124 e. The van der Waals surface area contributed by atoms with Gasteiger partial charge >= 0.3 is 0 Å². The molecule has 2 aliphatic heterocycles. The van der Waals surface area contributed by atoms with Gasteiger partial charge in [-0.05, 0) is 42.8 Å². The van der Waals surface area contributed by atoms with E-state index in [-0.39, 0.29) is 18.0 Å². The van der Waals surface area contributed by atoms with Gasteiger partial charge in [0.25, 0.3) is 0 Å². The molecule has 2 saturated heterocycles. The predicted molar refractivity (Wildman–Crippen MR) is 70.8 cm³/mol. The molecule has 2 fully saturated rings. The van der Waals surface area contributed by atoms with E-state index in [4.69, 9.17) is 21.3 Å². The maximum atomic E-state index is 13.5. The van der Waals surface area contributed by atoms with Crippen LogP contribution in [0.1, 0.15) is 30.9 Å². The molecule has 1 aromatic rings. The highest BCUT2D eigenvalue weighted by Crippen LogP contribution is 2.39. The smallest absolute Gasteiger partial charge is 0.124 e. The Morgan fingerprint density at radius 3 is 2.95 bits per heavy atom. The third kappa shape index (κ3) is 2.86. The molecule has 0 bridgehead atoms. The van der Waals surface area contributed by atoms with Gasteiger partial charge in [-0.15, -0.1) is 0 Å². The Morgan fingerprint density at radius 1 is 1.37 bits per heavy atom. The summed E-state index contributed by atoms with van der Waals surface area (Å²) in [5.41, 5.74) is 0.847. The van der Waals surface area contributed by atoms with Crippen molar-refractivity contribution < 1.29 is 13.9 Å². The van der Waals surface area contributed by atoms with Crippen molar-refractivity contribution in [1.82, 2.24) is 4.42 Å². The molecule has 0 saturated carbocycles. The molecular weight excluding hydrogens is 269 g/mol. The van der Waals surface area contributed by atoms with Gasteiger partial charge in [0.05, 0.1) is 19.3 Å². The lowest BCUT2D eigenvalue weighted by molar-refractivity contribution is 0.139. The van der Waals surface area contributed by atoms with Gasteiger partial charge in [0.15, 0.2) is 0 Å². The van der Waals surface area contributed by atoms with E-state index < -0.39 is 0 Å². The van der Waals surface area contributed by atoms with Crippen molar-refractivity contribution >= 4 is 11.8 Å². The highest BCUT2D eigenvalue weighted by molar-refractivity contribution is 6.13. The molecule has 2 atom stereocenters. The molecule has 5 heteroatoms. The van der Waals surface area contributed by atoms with E-state index in [1.165, 1.54) is 12.1 Å². The fourth-order valence-electron chi connectivity index (χ4n) is 2.71. The Balaban J connectivity index is 1.85. The summed E-state index contributed by atoms with van der Waals surface area (Å²) in [6.07, 6.45) is 2.90. The van der Waals surface area contributed by atoms with E-state index in [2.05, 4.69) is 0 Å². The Morgan fingerprint density at radius 2 is 2.26 bits per heavy atom. The first-order valence-electron chi connectivity index (χ1n) is 6.70. The minimum Gasteiger partial charge on any atom is -0.488 e. The van der Waals surface area contributed by atoms with Crippen molar-refractivity contribution in [2.75, 3.05) is 19.8 Å². The molecule has 0 N–H and O–H groups in total. The van der Waals surface area contributed by atoms with Crippen LogP contribution >= 0.6 is 11.8 Å². The average Bonchev–Trinajstić information content (AvgIpc) is 3.03. The summed E-state index contributed by atoms with van der Waals surface area (Å²) in [5.74, 6) is 0.483. The molecule has 0 radical (unpaired) electrons. The third-order valence-corrected chi connectivity index (χ3v) is 4.10. The van der Waals surface area contributed by atoms with E-state index >= 15 is 0 Å². The van der Waals surface area contributed by atoms with Crippen LogP contribution in [0.2, 0.25) is 0 Å². The molecule has 1 aromatic carbocycles. The van der Waals surface area contributed by atoms with Crippen LogP contribution in [0, 0.1) is 5.82 Å². The second kappa shape index (κ2) is 5.65. The highest BCUT2D eigenvalue weighted by atomic mass is 35.5. The molecule has 0 aromatic heterocycles. The molecule has 1 unspecified atom stereocenters. The van der Waals surface area contributed by atoms with E-state index in [0.717, 1.165) is 43.7 Å². The number of halogens is 2. The second-order valence-electron chi connectivity index (χ2n) is 5.07. The quantitative estimate of drug-likeness (QED) is 0.796. The van der Waals surface area contributed by atoms with Gasteiger partial charge in [-0.25, -0.2) is 8.81 Å². The van der Waals surface area contributed by atoms with Gasteiger partial charge in [0.1, 0.15) is 17.7 Å². The van der Waals surface area contributed by atoms with Gasteiger partial charge in [0.2, 0.25) is 0 Å². The molecule has 2 aliphatic rings. The number of benzene rings is 1. The summed E-state index contributed by atoms with van der Waals surface area (Å²) in [6.45, 7) is 2.16. The fraction of sp³-hybridized carbons (Fsp3) is 0.571. The molecule has 0 aliphatic carbocycles. The van der Waals surface area contributed by atoms with Crippen LogP contribution in [-0.4, -0.2) is 30.3 Å².